The lowest BCUT2D eigenvalue weighted by Gasteiger charge is -2.41. The minimum Gasteiger partial charge on any atom is -0.480 e. The zero-order valence-electron chi connectivity index (χ0n) is 45.3. The molecule has 10 amide bonds. The highest BCUT2D eigenvalue weighted by molar-refractivity contribution is 6.02. The van der Waals surface area contributed by atoms with E-state index in [0.717, 1.165) is 30.7 Å². The van der Waals surface area contributed by atoms with Crippen LogP contribution in [0.1, 0.15) is 104 Å². The van der Waals surface area contributed by atoms with Crippen LogP contribution in [0.2, 0.25) is 1.41 Å². The maximum absolute atomic E-state index is 15.4. The van der Waals surface area contributed by atoms with Gasteiger partial charge in [-0.2, -0.15) is 0 Å². The normalized spacial score (nSPS) is 14.7. The number of hydroxylamine groups is 2. The smallest absolute Gasteiger partial charge is 0.333 e. The van der Waals surface area contributed by atoms with E-state index in [9.17, 15) is 72.1 Å². The van der Waals surface area contributed by atoms with Gasteiger partial charge in [0, 0.05) is 75.3 Å². The summed E-state index contributed by atoms with van der Waals surface area (Å²) in [6, 6.07) is 3.63. The van der Waals surface area contributed by atoms with Gasteiger partial charge in [0.05, 0.1) is 12.5 Å². The summed E-state index contributed by atoms with van der Waals surface area (Å²) >= 11 is 0. The highest BCUT2D eigenvalue weighted by atomic mass is 19.1. The Kier molecular flexibility index (Phi) is 22.2. The molecule has 4 rings (SSSR count). The first-order chi connectivity index (χ1) is 37.5. The second-order valence-electron chi connectivity index (χ2n) is 19.6. The van der Waals surface area contributed by atoms with Gasteiger partial charge in [0.1, 0.15) is 48.5 Å². The summed E-state index contributed by atoms with van der Waals surface area (Å²) in [6.07, 6.45) is -1.30. The fraction of sp³-hybridized carbons (Fsp3) is 0.462. The Bertz CT molecular complexity index is 2810. The lowest BCUT2D eigenvalue weighted by Crippen LogP contribution is -2.60. The summed E-state index contributed by atoms with van der Waals surface area (Å²) in [5, 5.41) is 32.8. The molecule has 79 heavy (non-hydrogen) atoms. The van der Waals surface area contributed by atoms with Crippen molar-refractivity contribution in [1.29, 1.82) is 0 Å². The lowest BCUT2D eigenvalue weighted by atomic mass is 9.82. The number of halogens is 2. The van der Waals surface area contributed by atoms with Crippen LogP contribution in [0.15, 0.2) is 60.8 Å². The summed E-state index contributed by atoms with van der Waals surface area (Å²) in [7, 11) is 0. The van der Waals surface area contributed by atoms with Crippen molar-refractivity contribution in [1.82, 2.24) is 46.4 Å². The molecule has 2 heterocycles. The number of nitrogens with two attached hydrogens (primary N) is 1. The van der Waals surface area contributed by atoms with E-state index in [2.05, 4.69) is 26.6 Å². The number of benzene rings is 2. The van der Waals surface area contributed by atoms with Gasteiger partial charge in [-0.1, -0.05) is 51.1 Å². The van der Waals surface area contributed by atoms with Gasteiger partial charge in [-0.15, -0.1) is 5.06 Å². The predicted octanol–water partition coefficient (Wildman–Crippen LogP) is 0.117. The first-order valence-electron chi connectivity index (χ1n) is 25.4. The molecule has 1 aromatic heterocycles. The number of amides is 10. The van der Waals surface area contributed by atoms with Crippen molar-refractivity contribution in [2.24, 2.45) is 11.1 Å². The highest BCUT2D eigenvalue weighted by Gasteiger charge is 2.39. The third-order valence-corrected chi connectivity index (χ3v) is 12.2. The fourth-order valence-electron chi connectivity index (χ4n) is 8.32. The third-order valence-electron chi connectivity index (χ3n) is 12.2. The number of rotatable bonds is 28. The molecule has 0 bridgehead atoms. The van der Waals surface area contributed by atoms with Gasteiger partial charge in [0.15, 0.2) is 1.41 Å². The van der Waals surface area contributed by atoms with Gasteiger partial charge in [-0.3, -0.25) is 47.9 Å². The van der Waals surface area contributed by atoms with Crippen molar-refractivity contribution < 1.29 is 82.8 Å². The average molecular weight is 1110 g/mol. The van der Waals surface area contributed by atoms with E-state index in [1.807, 2.05) is 0 Å². The van der Waals surface area contributed by atoms with Crippen molar-refractivity contribution in [2.45, 2.75) is 129 Å². The Morgan fingerprint density at radius 1 is 0.823 bits per heavy atom. The summed E-state index contributed by atoms with van der Waals surface area (Å²) in [5.41, 5.74) is 5.61. The Balaban J connectivity index is 1.70. The third kappa shape index (κ3) is 18.8. The summed E-state index contributed by atoms with van der Waals surface area (Å²) in [4.78, 5) is 160. The maximum atomic E-state index is 15.4. The molecule has 428 valence electrons. The molecule has 10 N–H and O–H groups in total. The average Bonchev–Trinajstić information content (AvgIpc) is 3.94. The van der Waals surface area contributed by atoms with Gasteiger partial charge in [0.2, 0.25) is 47.3 Å². The molecule has 1 aliphatic rings. The molecular weight excluding hydrogens is 1040 g/mol. The quantitative estimate of drug-likeness (QED) is 0.0436. The first kappa shape index (κ1) is 61.2. The fourth-order valence-corrected chi connectivity index (χ4v) is 8.32. The number of carboxylic acids is 1. The van der Waals surface area contributed by atoms with Crippen LogP contribution in [-0.4, -0.2) is 146 Å². The van der Waals surface area contributed by atoms with Crippen LogP contribution in [0.3, 0.4) is 0 Å². The van der Waals surface area contributed by atoms with E-state index in [1.165, 1.54) is 24.8 Å². The molecule has 25 nitrogen and oxygen atoms in total. The summed E-state index contributed by atoms with van der Waals surface area (Å²) in [6.45, 7) is 6.26. The molecule has 0 spiro atoms. The van der Waals surface area contributed by atoms with Crippen molar-refractivity contribution in [3.63, 3.8) is 0 Å². The molecule has 3 aromatic rings. The number of carboxylic acid groups (broad SMARTS) is 1. The van der Waals surface area contributed by atoms with Gasteiger partial charge in [-0.05, 0) is 61.9 Å². The first-order valence-corrected chi connectivity index (χ1v) is 25.0. The Morgan fingerprint density at radius 3 is 2.03 bits per heavy atom. The molecular formula is C52H66F2N10O15. The molecule has 0 unspecified atom stereocenters. The SMILES string of the molecule is [2H]N(C(C)=O)[C@@H](C)C(=O)N[C@@H](C)C(=O)N[C@@H](CC(N)=O)C(=O)N[C@@H](CCN(C(=O)CO)[C@@H](c1cc(-c2cc(F)ccc2F)cn1Cc1ccccc1)C(C)(C)C)C(=O)N[C@H](CNC(=O)CCCC(=O)ON1C(=O)CCC1=O)C(=O)O. The van der Waals surface area contributed by atoms with Crippen molar-refractivity contribution in [3.8, 4) is 11.1 Å². The summed E-state index contributed by atoms with van der Waals surface area (Å²) in [5.74, 6) is -13.9. The topological polar surface area (TPSA) is 364 Å². The number of imide groups is 1. The molecule has 0 radical (unpaired) electrons. The minimum atomic E-state index is -1.95. The Hall–Kier alpha value is -8.62. The van der Waals surface area contributed by atoms with Gasteiger partial charge in [-0.25, -0.2) is 18.4 Å². The van der Waals surface area contributed by atoms with E-state index in [4.69, 9.17) is 12.0 Å². The van der Waals surface area contributed by atoms with Crippen LogP contribution in [0.4, 0.5) is 8.78 Å². The minimum absolute atomic E-state index is 0.124. The lowest BCUT2D eigenvalue weighted by molar-refractivity contribution is -0.197. The highest BCUT2D eigenvalue weighted by Crippen LogP contribution is 2.41. The predicted molar refractivity (Wildman–Crippen MR) is 273 cm³/mol. The zero-order chi connectivity index (χ0) is 59.8. The van der Waals surface area contributed by atoms with Gasteiger partial charge >= 0.3 is 11.9 Å². The molecule has 1 aliphatic heterocycles. The number of nitrogens with zero attached hydrogens (tertiary/aromatic N) is 3. The van der Waals surface area contributed by atoms with E-state index in [-0.39, 0.29) is 36.9 Å². The van der Waals surface area contributed by atoms with Crippen LogP contribution in [0.5, 0.6) is 0 Å². The second kappa shape index (κ2) is 28.7. The number of nitrogens with one attached hydrogen (secondary N) is 6. The van der Waals surface area contributed by atoms with E-state index < -0.39 is 170 Å². The maximum Gasteiger partial charge on any atom is 0.333 e. The van der Waals surface area contributed by atoms with Crippen molar-refractivity contribution in [3.05, 3.63) is 83.7 Å². The van der Waals surface area contributed by atoms with Crippen molar-refractivity contribution >= 4 is 71.0 Å². The number of primary amides is 1. The number of aromatic nitrogens is 1. The summed E-state index contributed by atoms with van der Waals surface area (Å²) < 4.78 is 39.5. The standard InChI is InChI=1S/C52H66F2N10O15/c1-28(57-30(3)66)47(73)58-29(2)48(74)60-37(23-40(55)67)50(76)59-36(49(75)61-38(51(77)78)24-56-41(68)13-10-14-45(72)79-64-42(69)17-18-43(64)70)19-20-63(44(71)27-65)46(52(4,5)6)39-21-32(34-22-33(53)15-16-35(34)54)26-62(39)25-31-11-8-7-9-12-31/h7-9,11-12,15-16,21-22,26,28-29,36-38,46,65H,10,13-14,17-20,23-25,27H2,1-6H3,(H2,55,67)(H,56,68)(H,57,66)(H,58,73)(H,59,76)(H,60,74)(H,61,75)(H,77,78)/t28-,29-,36-,37-,38+,46-/m0/s1/i/hD. The monoisotopic (exact) mass is 1110 g/mol. The van der Waals surface area contributed by atoms with Gasteiger partial charge < -0.3 is 62.1 Å². The van der Waals surface area contributed by atoms with Crippen LogP contribution >= 0.6 is 0 Å². The number of hydrogen-bond acceptors (Lipinski definition) is 14. The number of carbonyl (C=O) groups is 12. The molecule has 2 aromatic carbocycles. The molecule has 1 saturated heterocycles. The molecule has 27 heteroatoms. The van der Waals surface area contributed by atoms with Gasteiger partial charge in [0.25, 0.3) is 11.8 Å². The number of aliphatic hydroxyl groups excluding tert-OH is 1. The Morgan fingerprint density at radius 2 is 1.43 bits per heavy atom. The van der Waals surface area contributed by atoms with E-state index in [0.29, 0.717) is 16.1 Å². The Labute approximate surface area is 454 Å². The van der Waals surface area contributed by atoms with Crippen LogP contribution in [-0.2, 0) is 68.9 Å². The molecule has 0 aliphatic carbocycles. The number of hydrogen-bond donors (Lipinski definition) is 9. The van der Waals surface area contributed by atoms with Crippen molar-refractivity contribution in [2.75, 3.05) is 19.7 Å². The van der Waals surface area contributed by atoms with Crippen LogP contribution in [0, 0.1) is 17.0 Å². The van der Waals surface area contributed by atoms with Crippen LogP contribution in [0.25, 0.3) is 11.1 Å². The zero-order valence-corrected chi connectivity index (χ0v) is 44.3. The van der Waals surface area contributed by atoms with E-state index in [1.54, 1.807) is 61.9 Å². The second-order valence-corrected chi connectivity index (χ2v) is 19.6. The molecule has 1 fully saturated rings. The number of aliphatic carboxylic acids is 1. The van der Waals surface area contributed by atoms with Crippen LogP contribution < -0.4 is 37.6 Å². The molecule has 6 atom stereocenters. The number of aliphatic hydroxyl groups is 1. The molecule has 0 saturated carbocycles. The largest absolute Gasteiger partial charge is 0.480 e. The van der Waals surface area contributed by atoms with E-state index >= 15 is 4.39 Å². The number of carbonyl (C=O) groups excluding carboxylic acids is 11.